The predicted molar refractivity (Wildman–Crippen MR) is 410 cm³/mol. The molecule has 0 saturated heterocycles. The number of nitrogen functional groups attached to an aromatic ring is 1. The molecule has 0 aliphatic heterocycles. The van der Waals surface area contributed by atoms with Gasteiger partial charge in [-0.15, -0.1) is 0 Å². The fourth-order valence-corrected chi connectivity index (χ4v) is 14.2. The number of rotatable bonds is 35. The van der Waals surface area contributed by atoms with E-state index in [1.165, 1.54) is 177 Å². The maximum absolute atomic E-state index is 13.9. The maximum Gasteiger partial charge on any atom is 0.489 e. The monoisotopic (exact) mass is 1390 g/mol. The largest absolute Gasteiger partial charge is 0.489 e. The van der Waals surface area contributed by atoms with Crippen LogP contribution < -0.4 is 22.3 Å². The van der Waals surface area contributed by atoms with Gasteiger partial charge in [0.05, 0.1) is 21.6 Å². The van der Waals surface area contributed by atoms with E-state index in [4.69, 9.17) is 35.8 Å². The average Bonchev–Trinajstić information content (AvgIpc) is 1.50. The van der Waals surface area contributed by atoms with Gasteiger partial charge in [-0.25, -0.2) is 9.97 Å². The molecule has 0 radical (unpaired) electrons. The van der Waals surface area contributed by atoms with Gasteiger partial charge in [-0.3, -0.25) is 28.5 Å². The summed E-state index contributed by atoms with van der Waals surface area (Å²) < 4.78 is 4.06. The van der Waals surface area contributed by atoms with E-state index >= 15 is 0 Å². The van der Waals surface area contributed by atoms with Crippen LogP contribution >= 0.6 is 15.9 Å². The molecule has 20 heteroatoms. The smallest absolute Gasteiger partial charge is 0.429 e. The van der Waals surface area contributed by atoms with Gasteiger partial charge < -0.3 is 35.9 Å². The number of unbranched alkanes of at least 4 members (excludes halogenated alkanes) is 24. The van der Waals surface area contributed by atoms with Gasteiger partial charge in [-0.1, -0.05) is 290 Å². The van der Waals surface area contributed by atoms with E-state index in [-0.39, 0.29) is 28.2 Å². The number of nitrogens with zero attached hydrogens (tertiary/aromatic N) is 5. The van der Waals surface area contributed by atoms with Crippen LogP contribution in [0.3, 0.4) is 0 Å². The van der Waals surface area contributed by atoms with E-state index in [1.807, 2.05) is 60.7 Å². The summed E-state index contributed by atoms with van der Waals surface area (Å²) in [4.78, 5) is 49.3. The highest BCUT2D eigenvalue weighted by molar-refractivity contribution is 9.10. The van der Waals surface area contributed by atoms with Crippen molar-refractivity contribution in [3.8, 4) is 23.7 Å². The fraction of sp³-hybridized carbons (Fsp3) is 0.487. The normalized spacial score (nSPS) is 12.1. The number of fused-ring (bicyclic) bond motifs is 8. The number of imidazole rings is 2. The zero-order chi connectivity index (χ0) is 70.1. The standard InChI is InChI=1S/C39H50BN3O3.C39H46BrN3O3.B2H4O4/c1-3-5-7-9-11-12-14-16-19-28(18-15-13-10-8-6-4-2)22-23-29-26-34(41)37-35(27-29)43-38(42-37)31-21-17-20-30-33(40(45)46)25-24-32(36(30)31)39(43)44;1-3-5-7-9-11-12-14-16-19-28(18-15-13-10-8-6-4-2)22-23-29-26-34-37(35(27-29)43(45)46)41-38-31-21-17-20-30-33(40)25-24-32(36(30)31)39(44)42(34)38;3-1(4)2(5)6/h17,20-21,24-28,45-46H,3-16,18-19,41H2,1-2H3;17,20-21,24-28H,3-16,18-19H2,1-2H3;3-6H. The second kappa shape index (κ2) is 39.0. The Bertz CT molecular complexity index is 4480. The molecule has 98 heavy (non-hydrogen) atoms. The van der Waals surface area contributed by atoms with Crippen LogP contribution in [0.15, 0.2) is 99.0 Å². The molecular formula is C78H100B3BrN6O10. The molecule has 4 aromatic heterocycles. The molecule has 4 heterocycles. The van der Waals surface area contributed by atoms with E-state index in [0.717, 1.165) is 70.1 Å². The molecule has 0 aliphatic rings. The Morgan fingerprint density at radius 3 is 1.27 bits per heavy atom. The number of benzene rings is 6. The van der Waals surface area contributed by atoms with Crippen LogP contribution in [0, 0.1) is 45.6 Å². The lowest BCUT2D eigenvalue weighted by Gasteiger charge is -2.11. The first-order valence-corrected chi connectivity index (χ1v) is 37.3. The van der Waals surface area contributed by atoms with E-state index < -0.39 is 26.1 Å². The Labute approximate surface area is 586 Å². The summed E-state index contributed by atoms with van der Waals surface area (Å²) in [5.41, 5.74) is 11.0. The van der Waals surface area contributed by atoms with Gasteiger partial charge >= 0.3 is 21.1 Å². The third-order valence-electron chi connectivity index (χ3n) is 19.1. The molecule has 8 N–H and O–H groups in total. The number of nitro groups is 1. The fourth-order valence-electron chi connectivity index (χ4n) is 13.8. The van der Waals surface area contributed by atoms with Crippen LogP contribution in [-0.4, -0.2) is 75.0 Å². The molecule has 10 aromatic rings. The Morgan fingerprint density at radius 1 is 0.480 bits per heavy atom. The minimum Gasteiger partial charge on any atom is -0.429 e. The lowest BCUT2D eigenvalue weighted by atomic mass is 9.50. The lowest BCUT2D eigenvalue weighted by molar-refractivity contribution is -0.383. The first-order chi connectivity index (χ1) is 47.5. The van der Waals surface area contributed by atoms with Crippen molar-refractivity contribution in [3.05, 3.63) is 131 Å². The minimum atomic E-state index is -2.04. The number of nitro benzene ring substituents is 1. The van der Waals surface area contributed by atoms with Crippen molar-refractivity contribution in [1.29, 1.82) is 0 Å². The number of pyridine rings is 2. The minimum absolute atomic E-state index is 0.121. The van der Waals surface area contributed by atoms with Crippen molar-refractivity contribution in [2.45, 2.75) is 233 Å². The van der Waals surface area contributed by atoms with Gasteiger partial charge in [0.2, 0.25) is 0 Å². The molecule has 0 bridgehead atoms. The molecule has 0 saturated carbocycles. The number of hydrogen-bond acceptors (Lipinski definition) is 13. The second-order valence-corrected chi connectivity index (χ2v) is 27.6. The lowest BCUT2D eigenvalue weighted by Crippen LogP contribution is -2.35. The quantitative estimate of drug-likeness (QED) is 0.00488. The van der Waals surface area contributed by atoms with Crippen LogP contribution in [-0.2, 0) is 0 Å². The van der Waals surface area contributed by atoms with Crippen molar-refractivity contribution >= 4 is 130 Å². The number of halogens is 1. The van der Waals surface area contributed by atoms with Gasteiger partial charge in [0.15, 0.2) is 5.52 Å². The van der Waals surface area contributed by atoms with Gasteiger partial charge in [0, 0.05) is 65.8 Å². The maximum atomic E-state index is 13.9. The summed E-state index contributed by atoms with van der Waals surface area (Å²) >= 11 is 3.60. The Hall–Kier alpha value is -7.13. The van der Waals surface area contributed by atoms with Crippen molar-refractivity contribution in [3.63, 3.8) is 0 Å². The summed E-state index contributed by atoms with van der Waals surface area (Å²) in [6, 6.07) is 25.5. The number of hydrogen-bond donors (Lipinski definition) is 7. The van der Waals surface area contributed by atoms with Crippen molar-refractivity contribution in [2.75, 3.05) is 5.73 Å². The molecular weight excluding hydrogens is 1290 g/mol. The molecule has 0 amide bonds. The molecule has 6 aromatic carbocycles. The molecule has 2 unspecified atom stereocenters. The number of aromatic nitrogens is 4. The first-order valence-electron chi connectivity index (χ1n) is 36.5. The molecule has 10 rings (SSSR count). The Balaban J connectivity index is 0.000000231. The van der Waals surface area contributed by atoms with E-state index in [9.17, 15) is 29.8 Å². The van der Waals surface area contributed by atoms with Crippen molar-refractivity contribution in [1.82, 2.24) is 18.8 Å². The highest BCUT2D eigenvalue weighted by Gasteiger charge is 2.26. The number of nitrogens with two attached hydrogens (primary N) is 1. The zero-order valence-electron chi connectivity index (χ0n) is 58.1. The van der Waals surface area contributed by atoms with Gasteiger partial charge in [-0.05, 0) is 78.3 Å². The third-order valence-corrected chi connectivity index (χ3v) is 19.8. The van der Waals surface area contributed by atoms with E-state index in [0.29, 0.717) is 72.0 Å². The van der Waals surface area contributed by atoms with Crippen molar-refractivity contribution in [2.24, 2.45) is 11.8 Å². The first kappa shape index (κ1) is 76.6. The molecule has 518 valence electrons. The summed E-state index contributed by atoms with van der Waals surface area (Å²) in [5, 5.41) is 68.6. The van der Waals surface area contributed by atoms with E-state index in [1.54, 1.807) is 22.6 Å². The molecule has 2 atom stereocenters. The highest BCUT2D eigenvalue weighted by atomic mass is 79.9. The van der Waals surface area contributed by atoms with Crippen LogP contribution in [0.5, 0.6) is 0 Å². The summed E-state index contributed by atoms with van der Waals surface area (Å²) in [6.07, 6.45) is 40.3. The third kappa shape index (κ3) is 20.1. The van der Waals surface area contributed by atoms with Gasteiger partial charge in [0.25, 0.3) is 16.8 Å². The van der Waals surface area contributed by atoms with Crippen LogP contribution in [0.1, 0.15) is 244 Å². The Kier molecular flexibility index (Phi) is 30.5. The number of anilines is 1. The zero-order valence-corrected chi connectivity index (χ0v) is 59.7. The van der Waals surface area contributed by atoms with Crippen LogP contribution in [0.25, 0.3) is 76.5 Å². The van der Waals surface area contributed by atoms with Crippen LogP contribution in [0.2, 0.25) is 0 Å². The summed E-state index contributed by atoms with van der Waals surface area (Å²) in [7, 11) is -5.72. The predicted octanol–water partition coefficient (Wildman–Crippen LogP) is 16.6. The van der Waals surface area contributed by atoms with E-state index in [2.05, 4.69) is 67.3 Å². The highest BCUT2D eigenvalue weighted by Crippen LogP contribution is 2.37. The molecule has 0 fully saturated rings. The Morgan fingerprint density at radius 2 is 0.847 bits per heavy atom. The van der Waals surface area contributed by atoms with Gasteiger partial charge in [0.1, 0.15) is 16.8 Å². The van der Waals surface area contributed by atoms with Crippen molar-refractivity contribution < 1.29 is 35.1 Å². The average molecular weight is 1390 g/mol. The van der Waals surface area contributed by atoms with Crippen LogP contribution in [0.4, 0.5) is 11.4 Å². The second-order valence-electron chi connectivity index (χ2n) is 26.7. The summed E-state index contributed by atoms with van der Waals surface area (Å²) in [5.74, 6) is 14.5. The SMILES string of the molecule is CCCCCCCCCCC(C#Cc1cc(N)c2nc3c4cccc5c(B(O)O)ccc(c(=O)n3c2c1)c54)CCCCCCCC.CCCCCCCCCCC(C#Cc1cc([N+](=O)[O-])c2nc3c4cccc5c(Br)ccc(c(=O)n3c2c1)c54)CCCCCCCC.OB(O)B(O)O. The summed E-state index contributed by atoms with van der Waals surface area (Å²) in [6.45, 7) is 9.02. The molecule has 0 spiro atoms. The molecule has 16 nitrogen and oxygen atoms in total. The number of non-ortho nitro benzene ring substituents is 1. The molecule has 0 aliphatic carbocycles. The topological polar surface area (TPSA) is 259 Å². The van der Waals surface area contributed by atoms with Gasteiger partial charge in [-0.2, -0.15) is 0 Å².